The monoisotopic (exact) mass is 494 g/mol. The summed E-state index contributed by atoms with van der Waals surface area (Å²) in [5.74, 6) is -0.0931. The molecule has 1 saturated carbocycles. The van der Waals surface area contributed by atoms with E-state index in [0.717, 1.165) is 11.1 Å². The SMILES string of the molecule is Cc1ccc(NC(=O)C2(c3ccc4c(c3)OC(F)(F)O4)CC2)nc1-c1cccc(N2NNNC2=O)c1. The minimum absolute atomic E-state index is 0.0653. The van der Waals surface area contributed by atoms with E-state index in [1.807, 2.05) is 19.1 Å². The molecule has 10 nitrogen and oxygen atoms in total. The molecule has 0 spiro atoms. The highest BCUT2D eigenvalue weighted by Gasteiger charge is 2.53. The van der Waals surface area contributed by atoms with Gasteiger partial charge in [0.25, 0.3) is 0 Å². The summed E-state index contributed by atoms with van der Waals surface area (Å²) in [6.07, 6.45) is -2.59. The number of hydrogen-bond acceptors (Lipinski definition) is 7. The van der Waals surface area contributed by atoms with E-state index in [0.29, 0.717) is 35.6 Å². The van der Waals surface area contributed by atoms with Crippen LogP contribution in [0.1, 0.15) is 24.0 Å². The molecule has 6 rings (SSSR count). The van der Waals surface area contributed by atoms with Crippen molar-refractivity contribution in [1.29, 1.82) is 0 Å². The van der Waals surface area contributed by atoms with Gasteiger partial charge in [-0.3, -0.25) is 10.2 Å². The number of alkyl halides is 2. The van der Waals surface area contributed by atoms with Crippen LogP contribution in [0.15, 0.2) is 54.6 Å². The van der Waals surface area contributed by atoms with E-state index in [1.54, 1.807) is 30.3 Å². The fourth-order valence-electron chi connectivity index (χ4n) is 4.36. The van der Waals surface area contributed by atoms with Gasteiger partial charge in [-0.25, -0.2) is 14.8 Å². The third-order valence-electron chi connectivity index (χ3n) is 6.40. The third kappa shape index (κ3) is 3.76. The molecule has 184 valence electrons. The summed E-state index contributed by atoms with van der Waals surface area (Å²) in [7, 11) is 0. The maximum Gasteiger partial charge on any atom is 0.586 e. The number of hydrogen-bond donors (Lipinski definition) is 4. The van der Waals surface area contributed by atoms with Crippen molar-refractivity contribution in [2.45, 2.75) is 31.5 Å². The van der Waals surface area contributed by atoms with Crippen molar-refractivity contribution in [3.8, 4) is 22.8 Å². The predicted octanol–water partition coefficient (Wildman–Crippen LogP) is 3.50. The smallest absolute Gasteiger partial charge is 0.395 e. The fraction of sp³-hybridized carbons (Fsp3) is 0.208. The Labute approximate surface area is 203 Å². The Morgan fingerprint density at radius 2 is 1.89 bits per heavy atom. The van der Waals surface area contributed by atoms with Crippen LogP contribution in [0, 0.1) is 6.92 Å². The highest BCUT2D eigenvalue weighted by atomic mass is 19.3. The van der Waals surface area contributed by atoms with Crippen molar-refractivity contribution in [3.05, 3.63) is 65.7 Å². The van der Waals surface area contributed by atoms with Crippen LogP contribution in [0.25, 0.3) is 11.3 Å². The number of carbonyl (C=O) groups is 2. The lowest BCUT2D eigenvalue weighted by Gasteiger charge is -2.17. The van der Waals surface area contributed by atoms with E-state index in [9.17, 15) is 18.4 Å². The first-order valence-corrected chi connectivity index (χ1v) is 11.1. The number of nitrogens with zero attached hydrogens (tertiary/aromatic N) is 2. The molecule has 4 N–H and O–H groups in total. The van der Waals surface area contributed by atoms with Crippen molar-refractivity contribution >= 4 is 23.4 Å². The Morgan fingerprint density at radius 3 is 2.64 bits per heavy atom. The summed E-state index contributed by atoms with van der Waals surface area (Å²) in [6.45, 7) is 1.90. The maximum atomic E-state index is 13.4. The largest absolute Gasteiger partial charge is 0.586 e. The third-order valence-corrected chi connectivity index (χ3v) is 6.40. The van der Waals surface area contributed by atoms with Crippen molar-refractivity contribution in [2.24, 2.45) is 0 Å². The number of nitrogens with one attached hydrogen (secondary N) is 4. The van der Waals surface area contributed by atoms with Crippen LogP contribution < -0.4 is 36.3 Å². The van der Waals surface area contributed by atoms with E-state index in [1.165, 1.54) is 17.1 Å². The second-order valence-electron chi connectivity index (χ2n) is 8.78. The zero-order valence-corrected chi connectivity index (χ0v) is 18.9. The van der Waals surface area contributed by atoms with Gasteiger partial charge in [0.1, 0.15) is 5.82 Å². The lowest BCUT2D eigenvalue weighted by Crippen LogP contribution is -2.37. The highest BCUT2D eigenvalue weighted by Crippen LogP contribution is 2.52. The predicted molar refractivity (Wildman–Crippen MR) is 124 cm³/mol. The standard InChI is InChI=1S/C24H20F2N6O4/c1-13-5-8-19(27-20(13)14-3-2-4-16(11-14)32-22(34)29-30-31-32)28-21(33)23(9-10-23)15-6-7-17-18(12-15)36-24(25,26)35-17/h2-8,11-12,30-31H,9-10H2,1H3,(H,29,34)(H,27,28,33). The van der Waals surface area contributed by atoms with E-state index in [2.05, 4.69) is 36.3 Å². The van der Waals surface area contributed by atoms with Gasteiger partial charge in [0.15, 0.2) is 11.5 Å². The fourth-order valence-corrected chi connectivity index (χ4v) is 4.36. The molecular formula is C24H20F2N6O4. The molecule has 2 fully saturated rings. The van der Waals surface area contributed by atoms with E-state index >= 15 is 0 Å². The summed E-state index contributed by atoms with van der Waals surface area (Å²) in [5, 5.41) is 4.18. The number of aryl methyl sites for hydroxylation is 1. The van der Waals surface area contributed by atoms with Crippen LogP contribution in [0.5, 0.6) is 11.5 Å². The molecule has 0 bridgehead atoms. The van der Waals surface area contributed by atoms with E-state index in [4.69, 9.17) is 0 Å². The molecule has 12 heteroatoms. The van der Waals surface area contributed by atoms with E-state index < -0.39 is 11.7 Å². The Bertz CT molecular complexity index is 1410. The number of carbonyl (C=O) groups excluding carboxylic acids is 2. The molecule has 2 aliphatic heterocycles. The molecule has 3 aromatic rings. The molecule has 1 saturated heterocycles. The summed E-state index contributed by atoms with van der Waals surface area (Å²) in [6, 6.07) is 14.8. The number of anilines is 2. The zero-order valence-electron chi connectivity index (χ0n) is 18.9. The number of amides is 3. The first kappa shape index (κ1) is 22.2. The van der Waals surface area contributed by atoms with Gasteiger partial charge in [0, 0.05) is 5.56 Å². The van der Waals surface area contributed by atoms with Crippen LogP contribution in [0.2, 0.25) is 0 Å². The average molecular weight is 494 g/mol. The molecule has 3 amide bonds. The molecule has 36 heavy (non-hydrogen) atoms. The number of ether oxygens (including phenoxy) is 2. The molecule has 0 radical (unpaired) electrons. The molecule has 1 aliphatic carbocycles. The molecule has 3 heterocycles. The Balaban J connectivity index is 1.25. The normalized spacial score (nSPS) is 18.6. The zero-order chi connectivity index (χ0) is 25.1. The average Bonchev–Trinajstić information content (AvgIpc) is 3.45. The lowest BCUT2D eigenvalue weighted by molar-refractivity contribution is -0.286. The van der Waals surface area contributed by atoms with Gasteiger partial charge >= 0.3 is 12.3 Å². The Morgan fingerprint density at radius 1 is 1.08 bits per heavy atom. The van der Waals surface area contributed by atoms with Crippen molar-refractivity contribution in [1.82, 2.24) is 21.5 Å². The summed E-state index contributed by atoms with van der Waals surface area (Å²) in [4.78, 5) is 29.9. The van der Waals surface area contributed by atoms with Gasteiger partial charge in [-0.1, -0.05) is 24.3 Å². The van der Waals surface area contributed by atoms with Crippen LogP contribution in [0.3, 0.4) is 0 Å². The van der Waals surface area contributed by atoms with Gasteiger partial charge in [-0.2, -0.15) is 0 Å². The van der Waals surface area contributed by atoms with Gasteiger partial charge in [0.05, 0.1) is 16.8 Å². The molecule has 3 aliphatic rings. The summed E-state index contributed by atoms with van der Waals surface area (Å²) in [5.41, 5.74) is 10.2. The number of rotatable bonds is 5. The molecule has 0 atom stereocenters. The first-order chi connectivity index (χ1) is 17.2. The second-order valence-corrected chi connectivity index (χ2v) is 8.78. The van der Waals surface area contributed by atoms with Crippen LogP contribution in [-0.2, 0) is 10.2 Å². The van der Waals surface area contributed by atoms with Crippen LogP contribution >= 0.6 is 0 Å². The summed E-state index contributed by atoms with van der Waals surface area (Å²) >= 11 is 0. The lowest BCUT2D eigenvalue weighted by atomic mass is 9.94. The summed E-state index contributed by atoms with van der Waals surface area (Å²) < 4.78 is 35.8. The van der Waals surface area contributed by atoms with Crippen molar-refractivity contribution in [3.63, 3.8) is 0 Å². The topological polar surface area (TPSA) is 117 Å². The van der Waals surface area contributed by atoms with E-state index in [-0.39, 0.29) is 23.4 Å². The van der Waals surface area contributed by atoms with Gasteiger partial charge < -0.3 is 14.8 Å². The van der Waals surface area contributed by atoms with Gasteiger partial charge in [-0.05, 0) is 61.2 Å². The van der Waals surface area contributed by atoms with Gasteiger partial charge in [-0.15, -0.1) is 19.9 Å². The second kappa shape index (κ2) is 7.86. The van der Waals surface area contributed by atoms with Gasteiger partial charge in [0.2, 0.25) is 5.91 Å². The van der Waals surface area contributed by atoms with Crippen LogP contribution in [-0.4, -0.2) is 23.2 Å². The minimum atomic E-state index is -3.72. The van der Waals surface area contributed by atoms with Crippen molar-refractivity contribution in [2.75, 3.05) is 10.3 Å². The first-order valence-electron chi connectivity index (χ1n) is 11.1. The van der Waals surface area contributed by atoms with Crippen LogP contribution in [0.4, 0.5) is 25.1 Å². The number of pyridine rings is 1. The molecule has 2 aromatic carbocycles. The Kier molecular flexibility index (Phi) is 4.85. The quantitative estimate of drug-likeness (QED) is 0.429. The molecule has 1 aromatic heterocycles. The Hall–Kier alpha value is -4.29. The number of aromatic nitrogens is 1. The number of fused-ring (bicyclic) bond motifs is 1. The minimum Gasteiger partial charge on any atom is -0.395 e. The highest BCUT2D eigenvalue weighted by molar-refractivity contribution is 6.01. The maximum absolute atomic E-state index is 13.4. The number of benzene rings is 2. The van der Waals surface area contributed by atoms with Crippen molar-refractivity contribution < 1.29 is 27.8 Å². The number of urea groups is 1. The molecule has 0 unspecified atom stereocenters. The number of halogens is 2. The number of hydrazine groups is 3. The molecular weight excluding hydrogens is 474 g/mol.